The molecule has 0 amide bonds. The minimum Gasteiger partial charge on any atom is -0.368 e. The molecule has 0 bridgehead atoms. The molecule has 1 rings (SSSR count). The second-order valence-corrected chi connectivity index (χ2v) is 4.65. The van der Waals surface area contributed by atoms with Gasteiger partial charge in [0.2, 0.25) is 5.95 Å². The van der Waals surface area contributed by atoms with E-state index in [1.807, 2.05) is 13.0 Å². The lowest BCUT2D eigenvalue weighted by molar-refractivity contribution is 0.740. The van der Waals surface area contributed by atoms with Crippen LogP contribution >= 0.6 is 0 Å². The molecule has 0 atom stereocenters. The smallest absolute Gasteiger partial charge is 0.224 e. The van der Waals surface area contributed by atoms with Crippen molar-refractivity contribution in [3.8, 4) is 0 Å². The first kappa shape index (κ1) is 13.7. The van der Waals surface area contributed by atoms with Crippen LogP contribution in [0.5, 0.6) is 0 Å². The van der Waals surface area contributed by atoms with Crippen molar-refractivity contribution < 1.29 is 0 Å². The minimum atomic E-state index is 0.386. The topological polar surface area (TPSA) is 49.8 Å². The average Bonchev–Trinajstić information content (AvgIpc) is 2.22. The second kappa shape index (κ2) is 7.09. The Hall–Kier alpha value is -1.32. The van der Waals surface area contributed by atoms with Crippen LogP contribution in [0.1, 0.15) is 45.7 Å². The third-order valence-electron chi connectivity index (χ3n) is 2.35. The van der Waals surface area contributed by atoms with E-state index in [1.165, 1.54) is 19.3 Å². The number of aromatic nitrogens is 2. The van der Waals surface area contributed by atoms with E-state index in [0.29, 0.717) is 6.04 Å². The lowest BCUT2D eigenvalue weighted by Gasteiger charge is -2.11. The van der Waals surface area contributed by atoms with Crippen LogP contribution in [0.2, 0.25) is 0 Å². The van der Waals surface area contributed by atoms with Gasteiger partial charge in [-0.1, -0.05) is 19.8 Å². The molecule has 0 saturated heterocycles. The molecule has 0 aliphatic rings. The third kappa shape index (κ3) is 5.52. The van der Waals surface area contributed by atoms with Crippen molar-refractivity contribution in [1.29, 1.82) is 0 Å². The van der Waals surface area contributed by atoms with Crippen molar-refractivity contribution in [3.05, 3.63) is 11.8 Å². The average molecular weight is 236 g/mol. The first-order valence-electron chi connectivity index (χ1n) is 6.48. The number of hydrogen-bond donors (Lipinski definition) is 2. The Bertz CT molecular complexity index is 336. The summed E-state index contributed by atoms with van der Waals surface area (Å²) in [6.07, 6.45) is 3.65. The molecule has 0 spiro atoms. The van der Waals surface area contributed by atoms with Gasteiger partial charge in [0.15, 0.2) is 0 Å². The molecule has 1 heterocycles. The van der Waals surface area contributed by atoms with Crippen molar-refractivity contribution in [3.63, 3.8) is 0 Å². The van der Waals surface area contributed by atoms with Gasteiger partial charge in [0.05, 0.1) is 0 Å². The lowest BCUT2D eigenvalue weighted by Crippen LogP contribution is -2.13. The fourth-order valence-corrected chi connectivity index (χ4v) is 1.59. The zero-order valence-corrected chi connectivity index (χ0v) is 11.4. The Balaban J connectivity index is 2.56. The summed E-state index contributed by atoms with van der Waals surface area (Å²) >= 11 is 0. The predicted octanol–water partition coefficient (Wildman–Crippen LogP) is 3.21. The Morgan fingerprint density at radius 3 is 2.65 bits per heavy atom. The molecule has 0 radical (unpaired) electrons. The Morgan fingerprint density at radius 1 is 1.24 bits per heavy atom. The van der Waals surface area contributed by atoms with Crippen LogP contribution in [0.25, 0.3) is 0 Å². The molecule has 0 aliphatic carbocycles. The van der Waals surface area contributed by atoms with Gasteiger partial charge in [0.25, 0.3) is 0 Å². The zero-order valence-electron chi connectivity index (χ0n) is 11.4. The fraction of sp³-hybridized carbons (Fsp3) is 0.692. The predicted molar refractivity (Wildman–Crippen MR) is 73.5 cm³/mol. The van der Waals surface area contributed by atoms with Crippen molar-refractivity contribution in [2.75, 3.05) is 17.2 Å². The van der Waals surface area contributed by atoms with Crippen LogP contribution < -0.4 is 10.6 Å². The quantitative estimate of drug-likeness (QED) is 0.714. The molecule has 17 heavy (non-hydrogen) atoms. The van der Waals surface area contributed by atoms with Gasteiger partial charge < -0.3 is 10.6 Å². The van der Waals surface area contributed by atoms with Crippen LogP contribution in [0.3, 0.4) is 0 Å². The van der Waals surface area contributed by atoms with E-state index in [9.17, 15) is 0 Å². The first-order chi connectivity index (χ1) is 8.11. The number of nitrogens with zero attached hydrogens (tertiary/aromatic N) is 2. The van der Waals surface area contributed by atoms with E-state index in [0.717, 1.165) is 24.0 Å². The van der Waals surface area contributed by atoms with E-state index in [2.05, 4.69) is 41.4 Å². The number of aryl methyl sites for hydroxylation is 1. The van der Waals surface area contributed by atoms with E-state index < -0.39 is 0 Å². The fourth-order valence-electron chi connectivity index (χ4n) is 1.59. The summed E-state index contributed by atoms with van der Waals surface area (Å²) in [5.74, 6) is 1.62. The van der Waals surface area contributed by atoms with E-state index in [4.69, 9.17) is 0 Å². The van der Waals surface area contributed by atoms with Gasteiger partial charge in [-0.15, -0.1) is 0 Å². The van der Waals surface area contributed by atoms with Crippen molar-refractivity contribution in [2.24, 2.45) is 0 Å². The molecule has 0 aliphatic heterocycles. The molecule has 0 saturated carbocycles. The number of rotatable bonds is 7. The Labute approximate surface area is 104 Å². The van der Waals surface area contributed by atoms with E-state index >= 15 is 0 Å². The van der Waals surface area contributed by atoms with Gasteiger partial charge in [0, 0.05) is 24.3 Å². The third-order valence-corrected chi connectivity index (χ3v) is 2.35. The number of anilines is 2. The van der Waals surface area contributed by atoms with Gasteiger partial charge in [-0.05, 0) is 27.2 Å². The van der Waals surface area contributed by atoms with Crippen LogP contribution in [0.4, 0.5) is 11.8 Å². The summed E-state index contributed by atoms with van der Waals surface area (Å²) in [7, 11) is 0. The normalized spacial score (nSPS) is 10.6. The standard InChI is InChI=1S/C13H24N4/c1-5-6-7-8-14-13-16-11(4)9-12(17-13)15-10(2)3/h9-10H,5-8H2,1-4H3,(H2,14,15,16,17). The van der Waals surface area contributed by atoms with Crippen LogP contribution in [0.15, 0.2) is 6.07 Å². The maximum absolute atomic E-state index is 4.44. The monoisotopic (exact) mass is 236 g/mol. The summed E-state index contributed by atoms with van der Waals surface area (Å²) in [6, 6.07) is 2.36. The highest BCUT2D eigenvalue weighted by atomic mass is 15.1. The SMILES string of the molecule is CCCCCNc1nc(C)cc(NC(C)C)n1. The molecular formula is C13H24N4. The maximum Gasteiger partial charge on any atom is 0.224 e. The van der Waals surface area contributed by atoms with Gasteiger partial charge in [-0.2, -0.15) is 4.98 Å². The van der Waals surface area contributed by atoms with Gasteiger partial charge in [-0.25, -0.2) is 4.98 Å². The second-order valence-electron chi connectivity index (χ2n) is 4.65. The first-order valence-corrected chi connectivity index (χ1v) is 6.48. The molecular weight excluding hydrogens is 212 g/mol. The largest absolute Gasteiger partial charge is 0.368 e. The van der Waals surface area contributed by atoms with E-state index in [-0.39, 0.29) is 0 Å². The highest BCUT2D eigenvalue weighted by molar-refractivity contribution is 5.42. The van der Waals surface area contributed by atoms with Gasteiger partial charge >= 0.3 is 0 Å². The van der Waals surface area contributed by atoms with Crippen molar-refractivity contribution >= 4 is 11.8 Å². The Kier molecular flexibility index (Phi) is 5.73. The molecule has 0 aromatic carbocycles. The molecule has 2 N–H and O–H groups in total. The summed E-state index contributed by atoms with van der Waals surface area (Å²) in [4.78, 5) is 8.81. The minimum absolute atomic E-state index is 0.386. The highest BCUT2D eigenvalue weighted by Gasteiger charge is 2.02. The molecule has 96 valence electrons. The molecule has 1 aromatic heterocycles. The summed E-state index contributed by atoms with van der Waals surface area (Å²) in [5.41, 5.74) is 0.987. The summed E-state index contributed by atoms with van der Waals surface area (Å²) in [6.45, 7) is 9.34. The number of hydrogen-bond acceptors (Lipinski definition) is 4. The summed E-state index contributed by atoms with van der Waals surface area (Å²) in [5, 5.41) is 6.57. The summed E-state index contributed by atoms with van der Waals surface area (Å²) < 4.78 is 0. The lowest BCUT2D eigenvalue weighted by atomic mass is 10.2. The van der Waals surface area contributed by atoms with E-state index in [1.54, 1.807) is 0 Å². The van der Waals surface area contributed by atoms with Crippen molar-refractivity contribution in [2.45, 2.75) is 53.0 Å². The molecule has 4 nitrogen and oxygen atoms in total. The zero-order chi connectivity index (χ0) is 12.7. The van der Waals surface area contributed by atoms with Gasteiger partial charge in [-0.3, -0.25) is 0 Å². The van der Waals surface area contributed by atoms with Crippen LogP contribution in [-0.4, -0.2) is 22.6 Å². The highest BCUT2D eigenvalue weighted by Crippen LogP contribution is 2.10. The number of nitrogens with one attached hydrogen (secondary N) is 2. The van der Waals surface area contributed by atoms with Gasteiger partial charge in [0.1, 0.15) is 5.82 Å². The van der Waals surface area contributed by atoms with Crippen LogP contribution in [-0.2, 0) is 0 Å². The molecule has 0 fully saturated rings. The molecule has 4 heteroatoms. The molecule has 0 unspecified atom stereocenters. The van der Waals surface area contributed by atoms with Crippen LogP contribution in [0, 0.1) is 6.92 Å². The number of unbranched alkanes of at least 4 members (excludes halogenated alkanes) is 2. The maximum atomic E-state index is 4.44. The molecule has 1 aromatic rings. The Morgan fingerprint density at radius 2 is 2.00 bits per heavy atom. The van der Waals surface area contributed by atoms with Crippen molar-refractivity contribution in [1.82, 2.24) is 9.97 Å².